The SMILES string of the molecule is Cc1cc(CCC2C3CC4CC(C3)CC2C4)ccc1O. The van der Waals surface area contributed by atoms with E-state index in [-0.39, 0.29) is 0 Å². The minimum Gasteiger partial charge on any atom is -0.508 e. The first-order valence-electron chi connectivity index (χ1n) is 8.47. The van der Waals surface area contributed by atoms with E-state index in [1.165, 1.54) is 44.1 Å². The van der Waals surface area contributed by atoms with E-state index in [9.17, 15) is 5.11 Å². The highest BCUT2D eigenvalue weighted by atomic mass is 16.3. The second-order valence-corrected chi connectivity index (χ2v) is 7.75. The van der Waals surface area contributed by atoms with Crippen molar-refractivity contribution in [1.29, 1.82) is 0 Å². The molecule has 108 valence electrons. The van der Waals surface area contributed by atoms with E-state index >= 15 is 0 Å². The van der Waals surface area contributed by atoms with Crippen LogP contribution in [0.4, 0.5) is 0 Å². The topological polar surface area (TPSA) is 20.2 Å². The third-order valence-corrected chi connectivity index (χ3v) is 6.45. The van der Waals surface area contributed by atoms with Gasteiger partial charge < -0.3 is 5.11 Å². The van der Waals surface area contributed by atoms with Crippen molar-refractivity contribution in [3.8, 4) is 5.75 Å². The maximum absolute atomic E-state index is 9.63. The molecule has 0 atom stereocenters. The second-order valence-electron chi connectivity index (χ2n) is 7.75. The summed E-state index contributed by atoms with van der Waals surface area (Å²) < 4.78 is 0. The first-order valence-corrected chi connectivity index (χ1v) is 8.47. The van der Waals surface area contributed by atoms with E-state index in [0.717, 1.165) is 35.2 Å². The van der Waals surface area contributed by atoms with Gasteiger partial charge in [0.15, 0.2) is 0 Å². The van der Waals surface area contributed by atoms with Crippen LogP contribution in [0.1, 0.15) is 49.7 Å². The zero-order chi connectivity index (χ0) is 13.7. The second kappa shape index (κ2) is 4.79. The van der Waals surface area contributed by atoms with Crippen molar-refractivity contribution >= 4 is 0 Å². The first kappa shape index (κ1) is 12.7. The predicted molar refractivity (Wildman–Crippen MR) is 81.7 cm³/mol. The normalized spacial score (nSPS) is 38.4. The van der Waals surface area contributed by atoms with E-state index in [0.29, 0.717) is 5.75 Å². The minimum absolute atomic E-state index is 0.434. The van der Waals surface area contributed by atoms with Gasteiger partial charge in [0.05, 0.1) is 0 Å². The van der Waals surface area contributed by atoms with Gasteiger partial charge in [-0.1, -0.05) is 12.1 Å². The van der Waals surface area contributed by atoms with Gasteiger partial charge in [-0.05, 0) is 98.7 Å². The van der Waals surface area contributed by atoms with E-state index in [2.05, 4.69) is 12.1 Å². The summed E-state index contributed by atoms with van der Waals surface area (Å²) in [7, 11) is 0. The number of hydrogen-bond donors (Lipinski definition) is 1. The van der Waals surface area contributed by atoms with Crippen LogP contribution in [0.2, 0.25) is 0 Å². The van der Waals surface area contributed by atoms with Gasteiger partial charge in [0.25, 0.3) is 0 Å². The number of rotatable bonds is 3. The highest BCUT2D eigenvalue weighted by Crippen LogP contribution is 2.57. The Bertz CT molecular complexity index is 476. The summed E-state index contributed by atoms with van der Waals surface area (Å²) in [5, 5.41) is 9.63. The molecule has 4 bridgehead atoms. The van der Waals surface area contributed by atoms with Gasteiger partial charge in [0.1, 0.15) is 5.75 Å². The number of hydrogen-bond acceptors (Lipinski definition) is 1. The largest absolute Gasteiger partial charge is 0.508 e. The van der Waals surface area contributed by atoms with Crippen molar-refractivity contribution in [2.75, 3.05) is 0 Å². The maximum atomic E-state index is 9.63. The van der Waals surface area contributed by atoms with Crippen molar-refractivity contribution in [3.63, 3.8) is 0 Å². The number of phenols is 1. The summed E-state index contributed by atoms with van der Waals surface area (Å²) in [4.78, 5) is 0. The monoisotopic (exact) mass is 270 g/mol. The summed E-state index contributed by atoms with van der Waals surface area (Å²) in [5.41, 5.74) is 2.43. The van der Waals surface area contributed by atoms with Crippen LogP contribution in [0.3, 0.4) is 0 Å². The van der Waals surface area contributed by atoms with Crippen molar-refractivity contribution in [2.45, 2.75) is 51.9 Å². The summed E-state index contributed by atoms with van der Waals surface area (Å²) in [6, 6.07) is 6.14. The van der Waals surface area contributed by atoms with Gasteiger partial charge >= 0.3 is 0 Å². The fourth-order valence-electron chi connectivity index (χ4n) is 5.72. The third-order valence-electron chi connectivity index (χ3n) is 6.45. The van der Waals surface area contributed by atoms with Crippen molar-refractivity contribution in [3.05, 3.63) is 29.3 Å². The molecule has 1 nitrogen and oxygen atoms in total. The van der Waals surface area contributed by atoms with Gasteiger partial charge in [-0.15, -0.1) is 0 Å². The van der Waals surface area contributed by atoms with Crippen LogP contribution in [-0.4, -0.2) is 5.11 Å². The Morgan fingerprint density at radius 1 is 1.00 bits per heavy atom. The Labute approximate surface area is 122 Å². The van der Waals surface area contributed by atoms with E-state index in [4.69, 9.17) is 0 Å². The summed E-state index contributed by atoms with van der Waals surface area (Å²) in [6.07, 6.45) is 10.3. The molecule has 0 saturated heterocycles. The first-order chi connectivity index (χ1) is 9.69. The minimum atomic E-state index is 0.434. The summed E-state index contributed by atoms with van der Waals surface area (Å²) in [5.74, 6) is 5.70. The highest BCUT2D eigenvalue weighted by Gasteiger charge is 2.47. The van der Waals surface area contributed by atoms with E-state index in [1.807, 2.05) is 13.0 Å². The fourth-order valence-corrected chi connectivity index (χ4v) is 5.72. The average Bonchev–Trinajstić information content (AvgIpc) is 2.41. The molecule has 4 aliphatic rings. The zero-order valence-corrected chi connectivity index (χ0v) is 12.5. The lowest BCUT2D eigenvalue weighted by atomic mass is 9.51. The molecule has 0 aromatic heterocycles. The Morgan fingerprint density at radius 3 is 2.25 bits per heavy atom. The molecular weight excluding hydrogens is 244 g/mol. The van der Waals surface area contributed by atoms with Gasteiger partial charge in [0.2, 0.25) is 0 Å². The Balaban J connectivity index is 1.43. The van der Waals surface area contributed by atoms with E-state index < -0.39 is 0 Å². The summed E-state index contributed by atoms with van der Waals surface area (Å²) >= 11 is 0. The molecule has 20 heavy (non-hydrogen) atoms. The molecule has 0 unspecified atom stereocenters. The van der Waals surface area contributed by atoms with Crippen LogP contribution >= 0.6 is 0 Å². The standard InChI is InChI=1S/C19H26O/c1-12-6-13(3-5-19(12)20)2-4-18-16-8-14-7-15(10-16)11-17(18)9-14/h3,5-6,14-18,20H,2,4,7-11H2,1H3. The van der Waals surface area contributed by atoms with Gasteiger partial charge in [-0.2, -0.15) is 0 Å². The van der Waals surface area contributed by atoms with Crippen LogP contribution in [0.15, 0.2) is 18.2 Å². The van der Waals surface area contributed by atoms with Crippen LogP contribution < -0.4 is 0 Å². The molecule has 0 spiro atoms. The molecular formula is C19H26O. The number of aromatic hydroxyl groups is 1. The Morgan fingerprint density at radius 2 is 1.65 bits per heavy atom. The van der Waals surface area contributed by atoms with Gasteiger partial charge in [0, 0.05) is 0 Å². The lowest BCUT2D eigenvalue weighted by molar-refractivity contribution is -0.0394. The molecule has 1 aromatic carbocycles. The molecule has 0 radical (unpaired) electrons. The number of aryl methyl sites for hydroxylation is 2. The third kappa shape index (κ3) is 2.16. The van der Waals surface area contributed by atoms with Crippen molar-refractivity contribution in [2.24, 2.45) is 29.6 Å². The molecule has 0 aliphatic heterocycles. The maximum Gasteiger partial charge on any atom is 0.118 e. The van der Waals surface area contributed by atoms with Crippen LogP contribution in [0.25, 0.3) is 0 Å². The molecule has 1 aromatic rings. The van der Waals surface area contributed by atoms with Gasteiger partial charge in [-0.25, -0.2) is 0 Å². The zero-order valence-electron chi connectivity index (χ0n) is 12.5. The smallest absolute Gasteiger partial charge is 0.118 e. The fraction of sp³-hybridized carbons (Fsp3) is 0.684. The van der Waals surface area contributed by atoms with Gasteiger partial charge in [-0.3, -0.25) is 0 Å². The quantitative estimate of drug-likeness (QED) is 0.843. The lowest BCUT2D eigenvalue weighted by Gasteiger charge is -2.54. The summed E-state index contributed by atoms with van der Waals surface area (Å²) in [6.45, 7) is 2.00. The molecule has 0 heterocycles. The average molecular weight is 270 g/mol. The number of benzene rings is 1. The molecule has 4 saturated carbocycles. The van der Waals surface area contributed by atoms with Crippen LogP contribution in [0.5, 0.6) is 5.75 Å². The molecule has 1 heteroatoms. The van der Waals surface area contributed by atoms with Crippen LogP contribution in [-0.2, 0) is 6.42 Å². The molecule has 1 N–H and O–H groups in total. The van der Waals surface area contributed by atoms with E-state index in [1.54, 1.807) is 6.42 Å². The van der Waals surface area contributed by atoms with Crippen LogP contribution in [0, 0.1) is 36.5 Å². The molecule has 0 amide bonds. The lowest BCUT2D eigenvalue weighted by Crippen LogP contribution is -2.45. The predicted octanol–water partition coefficient (Wildman–Crippen LogP) is 4.71. The van der Waals surface area contributed by atoms with Crippen molar-refractivity contribution in [1.82, 2.24) is 0 Å². The highest BCUT2D eigenvalue weighted by molar-refractivity contribution is 5.35. The molecule has 4 fully saturated rings. The Kier molecular flexibility index (Phi) is 3.05. The Hall–Kier alpha value is -0.980. The van der Waals surface area contributed by atoms with Crippen molar-refractivity contribution < 1.29 is 5.11 Å². The number of phenolic OH excluding ortho intramolecular Hbond substituents is 1. The molecule has 5 rings (SSSR count). The molecule has 4 aliphatic carbocycles.